The summed E-state index contributed by atoms with van der Waals surface area (Å²) in [6, 6.07) is 8.15. The molecular weight excluding hydrogens is 232 g/mol. The first kappa shape index (κ1) is 12.7. The van der Waals surface area contributed by atoms with Crippen molar-refractivity contribution < 1.29 is 0 Å². The number of halogens is 1. The standard InChI is InChI=1S/C14H21ClN2/c1-11(9-16)8-12-6-7-17(10-12)14-4-2-13(15)3-5-14/h2-5,11-12H,6-10,16H2,1H3. The third-order valence-corrected chi connectivity index (χ3v) is 3.87. The zero-order chi connectivity index (χ0) is 12.3. The third-order valence-electron chi connectivity index (χ3n) is 3.62. The van der Waals surface area contributed by atoms with Crippen molar-refractivity contribution in [1.29, 1.82) is 0 Å². The summed E-state index contributed by atoms with van der Waals surface area (Å²) >= 11 is 5.90. The number of benzene rings is 1. The van der Waals surface area contributed by atoms with Crippen molar-refractivity contribution in [1.82, 2.24) is 0 Å². The van der Waals surface area contributed by atoms with E-state index in [4.69, 9.17) is 17.3 Å². The van der Waals surface area contributed by atoms with E-state index in [0.717, 1.165) is 30.6 Å². The molecule has 1 aromatic rings. The lowest BCUT2D eigenvalue weighted by Gasteiger charge is -2.19. The lowest BCUT2D eigenvalue weighted by Crippen LogP contribution is -2.21. The van der Waals surface area contributed by atoms with Crippen LogP contribution in [0.25, 0.3) is 0 Å². The fourth-order valence-corrected chi connectivity index (χ4v) is 2.70. The molecule has 1 aromatic carbocycles. The van der Waals surface area contributed by atoms with Gasteiger partial charge >= 0.3 is 0 Å². The highest BCUT2D eigenvalue weighted by atomic mass is 35.5. The van der Waals surface area contributed by atoms with Gasteiger partial charge in [-0.05, 0) is 55.5 Å². The fourth-order valence-electron chi connectivity index (χ4n) is 2.58. The van der Waals surface area contributed by atoms with E-state index in [0.29, 0.717) is 5.92 Å². The van der Waals surface area contributed by atoms with Crippen LogP contribution in [-0.4, -0.2) is 19.6 Å². The summed E-state index contributed by atoms with van der Waals surface area (Å²) in [4.78, 5) is 2.45. The van der Waals surface area contributed by atoms with E-state index < -0.39 is 0 Å². The van der Waals surface area contributed by atoms with Gasteiger partial charge in [-0.25, -0.2) is 0 Å². The molecule has 0 aliphatic carbocycles. The van der Waals surface area contributed by atoms with Crippen LogP contribution in [0, 0.1) is 11.8 Å². The summed E-state index contributed by atoms with van der Waals surface area (Å²) in [5.41, 5.74) is 6.97. The van der Waals surface area contributed by atoms with Gasteiger partial charge in [-0.1, -0.05) is 18.5 Å². The first-order valence-corrected chi connectivity index (χ1v) is 6.77. The lowest BCUT2D eigenvalue weighted by atomic mass is 9.95. The van der Waals surface area contributed by atoms with Crippen molar-refractivity contribution in [3.8, 4) is 0 Å². The Hall–Kier alpha value is -0.730. The van der Waals surface area contributed by atoms with Crippen LogP contribution in [0.1, 0.15) is 19.8 Å². The molecule has 0 spiro atoms. The first-order chi connectivity index (χ1) is 8.19. The minimum Gasteiger partial charge on any atom is -0.371 e. The molecule has 2 N–H and O–H groups in total. The van der Waals surface area contributed by atoms with Gasteiger partial charge in [0.15, 0.2) is 0 Å². The van der Waals surface area contributed by atoms with Gasteiger partial charge in [-0.15, -0.1) is 0 Å². The molecule has 2 nitrogen and oxygen atoms in total. The maximum absolute atomic E-state index is 5.90. The quantitative estimate of drug-likeness (QED) is 0.892. The van der Waals surface area contributed by atoms with Gasteiger partial charge in [-0.2, -0.15) is 0 Å². The molecule has 0 saturated carbocycles. The molecule has 0 radical (unpaired) electrons. The van der Waals surface area contributed by atoms with Crippen molar-refractivity contribution in [2.75, 3.05) is 24.5 Å². The monoisotopic (exact) mass is 252 g/mol. The van der Waals surface area contributed by atoms with Crippen molar-refractivity contribution in [2.45, 2.75) is 19.8 Å². The summed E-state index contributed by atoms with van der Waals surface area (Å²) in [6.45, 7) is 5.36. The number of rotatable bonds is 4. The molecule has 3 heteroatoms. The number of anilines is 1. The summed E-state index contributed by atoms with van der Waals surface area (Å²) in [5.74, 6) is 1.44. The van der Waals surface area contributed by atoms with Crippen molar-refractivity contribution >= 4 is 17.3 Å². The van der Waals surface area contributed by atoms with Crippen LogP contribution < -0.4 is 10.6 Å². The minimum absolute atomic E-state index is 0.644. The zero-order valence-electron chi connectivity index (χ0n) is 10.4. The number of hydrogen-bond acceptors (Lipinski definition) is 2. The van der Waals surface area contributed by atoms with E-state index in [1.54, 1.807) is 0 Å². The van der Waals surface area contributed by atoms with Crippen LogP contribution in [-0.2, 0) is 0 Å². The van der Waals surface area contributed by atoms with Crippen molar-refractivity contribution in [2.24, 2.45) is 17.6 Å². The molecule has 0 aromatic heterocycles. The Balaban J connectivity index is 1.91. The second-order valence-electron chi connectivity index (χ2n) is 5.15. The topological polar surface area (TPSA) is 29.3 Å². The molecule has 1 saturated heterocycles. The average molecular weight is 253 g/mol. The Morgan fingerprint density at radius 2 is 2.12 bits per heavy atom. The van der Waals surface area contributed by atoms with E-state index >= 15 is 0 Å². The Labute approximate surface area is 109 Å². The lowest BCUT2D eigenvalue weighted by molar-refractivity contribution is 0.423. The molecule has 1 aliphatic heterocycles. The summed E-state index contributed by atoms with van der Waals surface area (Å²) in [7, 11) is 0. The molecular formula is C14H21ClN2. The smallest absolute Gasteiger partial charge is 0.0407 e. The van der Waals surface area contributed by atoms with Crippen LogP contribution in [0.5, 0.6) is 0 Å². The van der Waals surface area contributed by atoms with Gasteiger partial charge in [-0.3, -0.25) is 0 Å². The van der Waals surface area contributed by atoms with E-state index in [1.807, 2.05) is 12.1 Å². The van der Waals surface area contributed by atoms with Crippen LogP contribution in [0.2, 0.25) is 5.02 Å². The summed E-state index contributed by atoms with van der Waals surface area (Å²) in [6.07, 6.45) is 2.54. The van der Waals surface area contributed by atoms with Crippen LogP contribution in [0.15, 0.2) is 24.3 Å². The average Bonchev–Trinajstić information content (AvgIpc) is 2.78. The van der Waals surface area contributed by atoms with Gasteiger partial charge in [0, 0.05) is 23.8 Å². The Bertz CT molecular complexity index is 350. The van der Waals surface area contributed by atoms with Gasteiger partial charge in [0.25, 0.3) is 0 Å². The molecule has 0 bridgehead atoms. The second-order valence-corrected chi connectivity index (χ2v) is 5.59. The number of nitrogens with zero attached hydrogens (tertiary/aromatic N) is 1. The minimum atomic E-state index is 0.644. The molecule has 2 atom stereocenters. The third kappa shape index (κ3) is 3.36. The molecule has 1 fully saturated rings. The number of hydrogen-bond donors (Lipinski definition) is 1. The second kappa shape index (κ2) is 5.74. The molecule has 94 valence electrons. The fraction of sp³-hybridized carbons (Fsp3) is 0.571. The SMILES string of the molecule is CC(CN)CC1CCN(c2ccc(Cl)cc2)C1. The molecule has 2 rings (SSSR count). The maximum Gasteiger partial charge on any atom is 0.0407 e. The number of nitrogens with two attached hydrogens (primary N) is 1. The Morgan fingerprint density at radius 1 is 1.41 bits per heavy atom. The van der Waals surface area contributed by atoms with E-state index in [-0.39, 0.29) is 0 Å². The van der Waals surface area contributed by atoms with Crippen molar-refractivity contribution in [3.05, 3.63) is 29.3 Å². The molecule has 17 heavy (non-hydrogen) atoms. The molecule has 0 amide bonds. The van der Waals surface area contributed by atoms with Crippen LogP contribution in [0.4, 0.5) is 5.69 Å². The summed E-state index contributed by atoms with van der Waals surface area (Å²) in [5, 5.41) is 0.807. The van der Waals surface area contributed by atoms with Gasteiger partial charge in [0.05, 0.1) is 0 Å². The van der Waals surface area contributed by atoms with E-state index in [9.17, 15) is 0 Å². The first-order valence-electron chi connectivity index (χ1n) is 6.39. The molecule has 2 unspecified atom stereocenters. The summed E-state index contributed by atoms with van der Waals surface area (Å²) < 4.78 is 0. The predicted molar refractivity (Wildman–Crippen MR) is 74.6 cm³/mol. The van der Waals surface area contributed by atoms with Gasteiger partial charge in [0.1, 0.15) is 0 Å². The van der Waals surface area contributed by atoms with E-state index in [2.05, 4.69) is 24.0 Å². The van der Waals surface area contributed by atoms with Crippen LogP contribution >= 0.6 is 11.6 Å². The largest absolute Gasteiger partial charge is 0.371 e. The molecule has 1 aliphatic rings. The van der Waals surface area contributed by atoms with Crippen molar-refractivity contribution in [3.63, 3.8) is 0 Å². The highest BCUT2D eigenvalue weighted by Crippen LogP contribution is 2.28. The van der Waals surface area contributed by atoms with E-state index in [1.165, 1.54) is 18.5 Å². The Morgan fingerprint density at radius 3 is 2.76 bits per heavy atom. The maximum atomic E-state index is 5.90. The Kier molecular flexibility index (Phi) is 4.30. The zero-order valence-corrected chi connectivity index (χ0v) is 11.2. The van der Waals surface area contributed by atoms with Gasteiger partial charge in [0.2, 0.25) is 0 Å². The highest BCUT2D eigenvalue weighted by Gasteiger charge is 2.23. The molecule has 1 heterocycles. The predicted octanol–water partition coefficient (Wildman–Crippen LogP) is 3.15. The highest BCUT2D eigenvalue weighted by molar-refractivity contribution is 6.30. The van der Waals surface area contributed by atoms with Gasteiger partial charge < -0.3 is 10.6 Å². The normalized spacial score (nSPS) is 21.8. The van der Waals surface area contributed by atoms with Crippen LogP contribution in [0.3, 0.4) is 0 Å².